The van der Waals surface area contributed by atoms with Gasteiger partial charge in [0.1, 0.15) is 11.9 Å². The Bertz CT molecular complexity index is 899. The molecule has 7 nitrogen and oxygen atoms in total. The van der Waals surface area contributed by atoms with Crippen molar-refractivity contribution in [3.63, 3.8) is 0 Å². The lowest BCUT2D eigenvalue weighted by Gasteiger charge is -2.24. The molecule has 0 radical (unpaired) electrons. The normalized spacial score (nSPS) is 13.6. The first-order valence-electron chi connectivity index (χ1n) is 8.52. The number of nitrogens with zero attached hydrogens (tertiary/aromatic N) is 2. The average Bonchev–Trinajstić information content (AvgIpc) is 3.03. The Morgan fingerprint density at radius 1 is 1.19 bits per heavy atom. The molecule has 0 bridgehead atoms. The van der Waals surface area contributed by atoms with Crippen molar-refractivity contribution in [1.82, 2.24) is 15.5 Å². The lowest BCUT2D eigenvalue weighted by molar-refractivity contribution is -0.129. The summed E-state index contributed by atoms with van der Waals surface area (Å²) in [5.41, 5.74) is -0.220. The van der Waals surface area contributed by atoms with E-state index < -0.39 is 38.1 Å². The predicted octanol–water partition coefficient (Wildman–Crippen LogP) is 3.04. The summed E-state index contributed by atoms with van der Waals surface area (Å²) in [6, 6.07) is 4.51. The Kier molecular flexibility index (Phi) is 6.04. The Morgan fingerprint density at radius 2 is 1.78 bits per heavy atom. The number of hydrogen-bond acceptors (Lipinski definition) is 6. The van der Waals surface area contributed by atoms with Gasteiger partial charge in [0.05, 0.1) is 5.75 Å². The van der Waals surface area contributed by atoms with Crippen molar-refractivity contribution >= 4 is 15.7 Å². The number of hydrogen-bond donors (Lipinski definition) is 1. The predicted molar refractivity (Wildman–Crippen MR) is 96.8 cm³/mol. The van der Waals surface area contributed by atoms with Gasteiger partial charge < -0.3 is 9.73 Å². The molecule has 0 fully saturated rings. The van der Waals surface area contributed by atoms with Crippen LogP contribution in [0.15, 0.2) is 33.9 Å². The van der Waals surface area contributed by atoms with Crippen molar-refractivity contribution < 1.29 is 22.0 Å². The van der Waals surface area contributed by atoms with Crippen molar-refractivity contribution in [1.29, 1.82) is 0 Å². The van der Waals surface area contributed by atoms with Crippen LogP contribution in [0.2, 0.25) is 0 Å². The lowest BCUT2D eigenvalue weighted by atomic mass is 9.94. The second-order valence-electron chi connectivity index (χ2n) is 7.74. The van der Waals surface area contributed by atoms with Crippen LogP contribution in [0.3, 0.4) is 0 Å². The molecule has 0 aliphatic heterocycles. The molecular formula is C18H24FN3O4S. The molecule has 1 heterocycles. The summed E-state index contributed by atoms with van der Waals surface area (Å²) >= 11 is 0. The Hall–Kier alpha value is -2.29. The van der Waals surface area contributed by atoms with Crippen LogP contribution < -0.4 is 5.32 Å². The summed E-state index contributed by atoms with van der Waals surface area (Å²) in [4.78, 5) is 12.3. The molecule has 0 saturated heterocycles. The van der Waals surface area contributed by atoms with Crippen LogP contribution in [0.4, 0.5) is 4.39 Å². The van der Waals surface area contributed by atoms with Crippen molar-refractivity contribution in [2.75, 3.05) is 0 Å². The topological polar surface area (TPSA) is 102 Å². The average molecular weight is 397 g/mol. The van der Waals surface area contributed by atoms with Gasteiger partial charge in [-0.3, -0.25) is 4.79 Å². The summed E-state index contributed by atoms with van der Waals surface area (Å²) < 4.78 is 43.3. The molecule has 27 heavy (non-hydrogen) atoms. The van der Waals surface area contributed by atoms with Crippen LogP contribution in [-0.4, -0.2) is 24.5 Å². The maximum absolute atomic E-state index is 13.0. The second kappa shape index (κ2) is 7.75. The molecule has 9 heteroatoms. The van der Waals surface area contributed by atoms with Gasteiger partial charge in [-0.25, -0.2) is 12.8 Å². The number of halogens is 1. The van der Waals surface area contributed by atoms with Crippen LogP contribution in [-0.2, 0) is 20.4 Å². The highest BCUT2D eigenvalue weighted by atomic mass is 32.2. The van der Waals surface area contributed by atoms with E-state index in [1.165, 1.54) is 24.3 Å². The minimum atomic E-state index is -3.90. The van der Waals surface area contributed by atoms with E-state index in [0.717, 1.165) is 0 Å². The molecule has 1 aromatic carbocycles. The van der Waals surface area contributed by atoms with E-state index in [1.807, 2.05) is 13.8 Å². The fourth-order valence-electron chi connectivity index (χ4n) is 2.20. The summed E-state index contributed by atoms with van der Waals surface area (Å²) in [7, 11) is -3.90. The molecule has 2 aromatic rings. The Morgan fingerprint density at radius 3 is 2.30 bits per heavy atom. The Balaban J connectivity index is 2.24. The monoisotopic (exact) mass is 397 g/mol. The Labute approximate surface area is 158 Å². The minimum Gasteiger partial charge on any atom is -0.410 e. The van der Waals surface area contributed by atoms with E-state index in [-0.39, 0.29) is 17.7 Å². The summed E-state index contributed by atoms with van der Waals surface area (Å²) in [6.45, 7) is 9.01. The molecule has 148 valence electrons. The zero-order valence-corrected chi connectivity index (χ0v) is 16.8. The van der Waals surface area contributed by atoms with Crippen molar-refractivity contribution in [3.05, 3.63) is 41.5 Å². The second-order valence-corrected chi connectivity index (χ2v) is 9.60. The van der Waals surface area contributed by atoms with Crippen molar-refractivity contribution in [2.24, 2.45) is 11.3 Å². The molecule has 1 aromatic heterocycles. The quantitative estimate of drug-likeness (QED) is 0.804. The van der Waals surface area contributed by atoms with Crippen LogP contribution in [0.25, 0.3) is 0 Å². The van der Waals surface area contributed by atoms with Gasteiger partial charge in [0.25, 0.3) is 0 Å². The first kappa shape index (κ1) is 21.0. The van der Waals surface area contributed by atoms with Crippen LogP contribution in [0, 0.1) is 17.2 Å². The third-order valence-corrected chi connectivity index (χ3v) is 5.27. The first-order chi connectivity index (χ1) is 12.4. The highest BCUT2D eigenvalue weighted by Gasteiger charge is 2.31. The maximum atomic E-state index is 13.0. The van der Waals surface area contributed by atoms with Crippen LogP contribution in [0.1, 0.15) is 52.1 Å². The molecule has 2 rings (SSSR count). The number of benzene rings is 1. The number of carbonyl (C=O) groups is 1. The van der Waals surface area contributed by atoms with E-state index in [0.29, 0.717) is 5.56 Å². The van der Waals surface area contributed by atoms with Crippen molar-refractivity contribution in [2.45, 2.75) is 51.6 Å². The molecule has 0 aliphatic carbocycles. The number of carbonyl (C=O) groups excluding carboxylic acids is 1. The number of sulfone groups is 1. The number of amides is 1. The smallest absolute Gasteiger partial charge is 0.335 e. The van der Waals surface area contributed by atoms with Crippen LogP contribution in [0.5, 0.6) is 0 Å². The van der Waals surface area contributed by atoms with E-state index in [4.69, 9.17) is 4.42 Å². The summed E-state index contributed by atoms with van der Waals surface area (Å²) in [5.74, 6) is -1.12. The molecule has 1 atom stereocenters. The first-order valence-corrected chi connectivity index (χ1v) is 10.2. The third-order valence-electron chi connectivity index (χ3n) is 3.86. The van der Waals surface area contributed by atoms with Gasteiger partial charge in [-0.1, -0.05) is 51.9 Å². The van der Waals surface area contributed by atoms with Gasteiger partial charge in [-0.2, -0.15) is 0 Å². The van der Waals surface area contributed by atoms with E-state index in [1.54, 1.807) is 20.8 Å². The number of rotatable bonds is 6. The largest absolute Gasteiger partial charge is 0.410 e. The van der Waals surface area contributed by atoms with Gasteiger partial charge >= 0.3 is 5.22 Å². The van der Waals surface area contributed by atoms with Gasteiger partial charge in [-0.05, 0) is 23.6 Å². The number of nitrogens with one attached hydrogen (secondary N) is 1. The zero-order valence-electron chi connectivity index (χ0n) is 16.0. The summed E-state index contributed by atoms with van der Waals surface area (Å²) in [6.07, 6.45) is 0. The standard InChI is InChI=1S/C18H24FN3O4S/c1-11(2)14(20-16(23)18(3,4)5)15-21-22-17(26-15)27(24,25)10-12-6-8-13(19)9-7-12/h6-9,11,14H,10H2,1-5H3,(H,20,23)/t14-/m0/s1. The molecule has 0 aliphatic rings. The van der Waals surface area contributed by atoms with Gasteiger partial charge in [0.2, 0.25) is 21.6 Å². The van der Waals surface area contributed by atoms with E-state index in [9.17, 15) is 17.6 Å². The highest BCUT2D eigenvalue weighted by Crippen LogP contribution is 2.25. The zero-order chi connectivity index (χ0) is 20.4. The van der Waals surface area contributed by atoms with Crippen LogP contribution >= 0.6 is 0 Å². The van der Waals surface area contributed by atoms with Gasteiger partial charge in [0.15, 0.2) is 0 Å². The molecule has 1 N–H and O–H groups in total. The lowest BCUT2D eigenvalue weighted by Crippen LogP contribution is -2.39. The highest BCUT2D eigenvalue weighted by molar-refractivity contribution is 7.90. The van der Waals surface area contributed by atoms with E-state index in [2.05, 4.69) is 15.5 Å². The van der Waals surface area contributed by atoms with Gasteiger partial charge in [0, 0.05) is 5.41 Å². The van der Waals surface area contributed by atoms with Crippen molar-refractivity contribution in [3.8, 4) is 0 Å². The number of aromatic nitrogens is 2. The molecule has 0 saturated carbocycles. The minimum absolute atomic E-state index is 0.0280. The molecule has 1 amide bonds. The SMILES string of the molecule is CC(C)[C@H](NC(=O)C(C)(C)C)c1nnc(S(=O)(=O)Cc2ccc(F)cc2)o1. The molecule has 0 spiro atoms. The fourth-order valence-corrected chi connectivity index (χ4v) is 3.34. The fraction of sp³-hybridized carbons (Fsp3) is 0.500. The van der Waals surface area contributed by atoms with Gasteiger partial charge in [-0.15, -0.1) is 5.10 Å². The maximum Gasteiger partial charge on any atom is 0.335 e. The molecular weight excluding hydrogens is 373 g/mol. The van der Waals surface area contributed by atoms with E-state index >= 15 is 0 Å². The summed E-state index contributed by atoms with van der Waals surface area (Å²) in [5, 5.41) is 9.76. The third kappa shape index (κ3) is 5.35. The molecule has 0 unspecified atom stereocenters.